The van der Waals surface area contributed by atoms with E-state index in [4.69, 9.17) is 27.9 Å². The maximum absolute atomic E-state index is 12.6. The first-order chi connectivity index (χ1) is 12.3. The second kappa shape index (κ2) is 8.92. The molecule has 0 aliphatic carbocycles. The van der Waals surface area contributed by atoms with E-state index >= 15 is 0 Å². The quantitative estimate of drug-likeness (QED) is 0.705. The molecule has 0 fully saturated rings. The first-order valence-corrected chi connectivity index (χ1v) is 8.76. The van der Waals surface area contributed by atoms with Crippen LogP contribution in [0.4, 0.5) is 0 Å². The van der Waals surface area contributed by atoms with Crippen molar-refractivity contribution < 1.29 is 19.4 Å². The summed E-state index contributed by atoms with van der Waals surface area (Å²) in [5.41, 5.74) is 0.857. The summed E-state index contributed by atoms with van der Waals surface area (Å²) in [7, 11) is 0. The summed E-state index contributed by atoms with van der Waals surface area (Å²) in [6.07, 6.45) is -0.333. The van der Waals surface area contributed by atoms with Crippen molar-refractivity contribution in [2.75, 3.05) is 0 Å². The molecular formula is C19H19Cl2NO4. The number of aromatic hydroxyl groups is 1. The number of phenolic OH excluding ortho intramolecular Hbond substituents is 1. The van der Waals surface area contributed by atoms with Crippen LogP contribution < -0.4 is 5.32 Å². The Morgan fingerprint density at radius 1 is 1.12 bits per heavy atom. The highest BCUT2D eigenvalue weighted by molar-refractivity contribution is 6.32. The summed E-state index contributed by atoms with van der Waals surface area (Å²) in [6.45, 7) is 3.50. The number of halogens is 2. The Hall–Kier alpha value is -2.24. The van der Waals surface area contributed by atoms with Gasteiger partial charge in [0.15, 0.2) is 0 Å². The van der Waals surface area contributed by atoms with Gasteiger partial charge in [-0.25, -0.2) is 0 Å². The first-order valence-electron chi connectivity index (χ1n) is 8.01. The highest BCUT2D eigenvalue weighted by Gasteiger charge is 2.23. The molecule has 2 N–H and O–H groups in total. The van der Waals surface area contributed by atoms with E-state index < -0.39 is 17.9 Å². The summed E-state index contributed by atoms with van der Waals surface area (Å²) in [6, 6.07) is 10.4. The molecule has 0 aromatic heterocycles. The number of carbonyl (C=O) groups excluding carboxylic acids is 2. The van der Waals surface area contributed by atoms with Crippen LogP contribution in [0.25, 0.3) is 0 Å². The fraction of sp³-hybridized carbons (Fsp3) is 0.263. The monoisotopic (exact) mass is 395 g/mol. The Morgan fingerprint density at radius 2 is 1.81 bits per heavy atom. The van der Waals surface area contributed by atoms with Gasteiger partial charge in [-0.15, -0.1) is 0 Å². The molecular weight excluding hydrogens is 377 g/mol. The Morgan fingerprint density at radius 3 is 2.42 bits per heavy atom. The van der Waals surface area contributed by atoms with Crippen molar-refractivity contribution >= 4 is 35.1 Å². The van der Waals surface area contributed by atoms with Gasteiger partial charge in [0.05, 0.1) is 23.6 Å². The van der Waals surface area contributed by atoms with Crippen molar-refractivity contribution in [2.24, 2.45) is 0 Å². The first kappa shape index (κ1) is 20.1. The smallest absolute Gasteiger partial charge is 0.308 e. The molecule has 0 radical (unpaired) electrons. The lowest BCUT2D eigenvalue weighted by atomic mass is 10.0. The molecule has 2 aromatic rings. The number of amides is 1. The summed E-state index contributed by atoms with van der Waals surface area (Å²) in [5.74, 6) is -1.02. The zero-order chi connectivity index (χ0) is 19.3. The molecule has 2 aromatic carbocycles. The van der Waals surface area contributed by atoms with Gasteiger partial charge in [-0.2, -0.15) is 0 Å². The third kappa shape index (κ3) is 5.38. The minimum Gasteiger partial charge on any atom is -0.506 e. The fourth-order valence-electron chi connectivity index (χ4n) is 2.36. The maximum atomic E-state index is 12.6. The normalized spacial score (nSPS) is 11.9. The third-order valence-corrected chi connectivity index (χ3v) is 4.18. The molecule has 0 spiro atoms. The molecule has 0 saturated carbocycles. The molecule has 5 nitrogen and oxygen atoms in total. The second-order valence-corrected chi connectivity index (χ2v) is 6.77. The number of carbonyl (C=O) groups is 2. The third-order valence-electron chi connectivity index (χ3n) is 3.53. The van der Waals surface area contributed by atoms with Gasteiger partial charge in [0.25, 0.3) is 5.91 Å². The van der Waals surface area contributed by atoms with E-state index in [1.165, 1.54) is 18.2 Å². The van der Waals surface area contributed by atoms with E-state index in [0.29, 0.717) is 10.6 Å². The largest absolute Gasteiger partial charge is 0.506 e. The molecule has 1 unspecified atom stereocenters. The van der Waals surface area contributed by atoms with Crippen LogP contribution in [0.2, 0.25) is 10.0 Å². The molecule has 1 amide bonds. The summed E-state index contributed by atoms with van der Waals surface area (Å²) in [4.78, 5) is 24.7. The molecule has 2 rings (SSSR count). The molecule has 138 valence electrons. The number of ether oxygens (including phenoxy) is 1. The number of benzene rings is 2. The van der Waals surface area contributed by atoms with Crippen LogP contribution in [0.3, 0.4) is 0 Å². The summed E-state index contributed by atoms with van der Waals surface area (Å²) < 4.78 is 5.18. The molecule has 0 aliphatic rings. The van der Waals surface area contributed by atoms with Crippen LogP contribution in [0.15, 0.2) is 42.5 Å². The van der Waals surface area contributed by atoms with E-state index in [2.05, 4.69) is 5.32 Å². The van der Waals surface area contributed by atoms with Crippen molar-refractivity contribution in [1.29, 1.82) is 0 Å². The molecule has 7 heteroatoms. The summed E-state index contributed by atoms with van der Waals surface area (Å²) >= 11 is 12.1. The van der Waals surface area contributed by atoms with Gasteiger partial charge < -0.3 is 15.2 Å². The van der Waals surface area contributed by atoms with Crippen LogP contribution in [0, 0.1) is 0 Å². The average Bonchev–Trinajstić information content (AvgIpc) is 2.56. The highest BCUT2D eigenvalue weighted by Crippen LogP contribution is 2.27. The topological polar surface area (TPSA) is 75.6 Å². The van der Waals surface area contributed by atoms with E-state index in [1.54, 1.807) is 38.1 Å². The minimum absolute atomic E-state index is 0.0613. The molecule has 26 heavy (non-hydrogen) atoms. The van der Waals surface area contributed by atoms with Gasteiger partial charge in [0, 0.05) is 10.6 Å². The van der Waals surface area contributed by atoms with E-state index in [0.717, 1.165) is 0 Å². The lowest BCUT2D eigenvalue weighted by Crippen LogP contribution is -2.31. The van der Waals surface area contributed by atoms with Crippen molar-refractivity contribution in [1.82, 2.24) is 5.32 Å². The Kier molecular flexibility index (Phi) is 6.89. The van der Waals surface area contributed by atoms with Crippen molar-refractivity contribution in [3.05, 3.63) is 63.6 Å². The minimum atomic E-state index is -0.671. The van der Waals surface area contributed by atoms with Crippen LogP contribution in [0.1, 0.15) is 42.2 Å². The zero-order valence-corrected chi connectivity index (χ0v) is 15.8. The van der Waals surface area contributed by atoms with Gasteiger partial charge in [-0.1, -0.05) is 41.4 Å². The zero-order valence-electron chi connectivity index (χ0n) is 14.3. The molecule has 0 saturated heterocycles. The molecule has 1 atom stereocenters. The van der Waals surface area contributed by atoms with Crippen LogP contribution in [-0.2, 0) is 9.53 Å². The van der Waals surface area contributed by atoms with Crippen LogP contribution in [0.5, 0.6) is 5.75 Å². The van der Waals surface area contributed by atoms with Crippen LogP contribution >= 0.6 is 23.2 Å². The van der Waals surface area contributed by atoms with E-state index in [9.17, 15) is 14.7 Å². The van der Waals surface area contributed by atoms with Gasteiger partial charge in [0.2, 0.25) is 0 Å². The Bertz CT molecular complexity index is 808. The number of rotatable bonds is 6. The molecule has 0 aliphatic heterocycles. The van der Waals surface area contributed by atoms with Crippen molar-refractivity contribution in [3.8, 4) is 5.75 Å². The molecule has 0 heterocycles. The van der Waals surface area contributed by atoms with Gasteiger partial charge in [0.1, 0.15) is 5.75 Å². The lowest BCUT2D eigenvalue weighted by molar-refractivity contribution is -0.147. The lowest BCUT2D eigenvalue weighted by Gasteiger charge is -2.20. The Labute approximate surface area is 161 Å². The van der Waals surface area contributed by atoms with Crippen molar-refractivity contribution in [2.45, 2.75) is 32.4 Å². The van der Waals surface area contributed by atoms with Gasteiger partial charge in [-0.05, 0) is 43.7 Å². The van der Waals surface area contributed by atoms with Crippen molar-refractivity contribution in [3.63, 3.8) is 0 Å². The number of esters is 1. The number of nitrogens with one attached hydrogen (secondary N) is 1. The SMILES string of the molecule is CC(C)OC(=O)CC(NC(=O)c1ccc(O)c(Cl)c1)c1ccccc1Cl. The van der Waals surface area contributed by atoms with E-state index in [1.807, 2.05) is 0 Å². The van der Waals surface area contributed by atoms with E-state index in [-0.39, 0.29) is 28.9 Å². The maximum Gasteiger partial charge on any atom is 0.308 e. The second-order valence-electron chi connectivity index (χ2n) is 5.96. The Balaban J connectivity index is 2.25. The fourth-order valence-corrected chi connectivity index (χ4v) is 2.81. The predicted molar refractivity (Wildman–Crippen MR) is 101 cm³/mol. The standard InChI is InChI=1S/C19H19Cl2NO4/c1-11(2)26-18(24)10-16(13-5-3-4-6-14(13)20)22-19(25)12-7-8-17(23)15(21)9-12/h3-9,11,16,23H,10H2,1-2H3,(H,22,25). The number of phenols is 1. The predicted octanol–water partition coefficient (Wildman–Crippen LogP) is 4.51. The number of hydrogen-bond donors (Lipinski definition) is 2. The highest BCUT2D eigenvalue weighted by atomic mass is 35.5. The summed E-state index contributed by atoms with van der Waals surface area (Å²) in [5, 5.41) is 12.7. The van der Waals surface area contributed by atoms with Crippen LogP contribution in [-0.4, -0.2) is 23.1 Å². The van der Waals surface area contributed by atoms with Gasteiger partial charge >= 0.3 is 5.97 Å². The molecule has 0 bridgehead atoms. The van der Waals surface area contributed by atoms with Gasteiger partial charge in [-0.3, -0.25) is 9.59 Å². The number of hydrogen-bond acceptors (Lipinski definition) is 4. The average molecular weight is 396 g/mol.